The summed E-state index contributed by atoms with van der Waals surface area (Å²) in [6, 6.07) is 11.3. The topological polar surface area (TPSA) is 107 Å². The predicted molar refractivity (Wildman–Crippen MR) is 128 cm³/mol. The number of benzene rings is 1. The molecule has 2 aromatic heterocycles. The maximum absolute atomic E-state index is 13.4. The molecule has 0 fully saturated rings. The molecule has 0 saturated heterocycles. The molecule has 0 saturated carbocycles. The summed E-state index contributed by atoms with van der Waals surface area (Å²) in [5.74, 6) is -3.00. The molecule has 0 aliphatic carbocycles. The second-order valence-electron chi connectivity index (χ2n) is 7.41. The third-order valence-electron chi connectivity index (χ3n) is 4.72. The summed E-state index contributed by atoms with van der Waals surface area (Å²) in [6.45, 7) is 1.62. The molecule has 192 valence electrons. The van der Waals surface area contributed by atoms with Gasteiger partial charge < -0.3 is 9.74 Å². The summed E-state index contributed by atoms with van der Waals surface area (Å²) in [5.41, 5.74) is 0.0615. The molecular formula is C22H21ClF3N5O4S. The van der Waals surface area contributed by atoms with Crippen LogP contribution in [0.1, 0.15) is 13.3 Å². The zero-order chi connectivity index (χ0) is 26.3. The predicted octanol–water partition coefficient (Wildman–Crippen LogP) is 4.08. The van der Waals surface area contributed by atoms with Crippen LogP contribution in [-0.4, -0.2) is 59.0 Å². The van der Waals surface area contributed by atoms with Crippen molar-refractivity contribution in [3.05, 3.63) is 66.2 Å². The molecule has 0 spiro atoms. The summed E-state index contributed by atoms with van der Waals surface area (Å²) >= 11 is 6.26. The fourth-order valence-electron chi connectivity index (χ4n) is 2.99. The summed E-state index contributed by atoms with van der Waals surface area (Å²) in [4.78, 5) is 23.7. The van der Waals surface area contributed by atoms with Gasteiger partial charge in [0.05, 0.1) is 30.3 Å². The Morgan fingerprint density at radius 2 is 1.92 bits per heavy atom. The van der Waals surface area contributed by atoms with Crippen LogP contribution in [0.5, 0.6) is 5.75 Å². The number of pyridine rings is 1. The second-order valence-corrected chi connectivity index (χ2v) is 9.95. The Labute approximate surface area is 210 Å². The molecule has 0 radical (unpaired) electrons. The number of para-hydroxylation sites is 1. The number of hydrogen-bond acceptors (Lipinski definition) is 7. The number of halogens is 4. The van der Waals surface area contributed by atoms with Crippen LogP contribution in [0.15, 0.2) is 66.2 Å². The quantitative estimate of drug-likeness (QED) is 0.282. The molecule has 3 rings (SSSR count). The van der Waals surface area contributed by atoms with Crippen molar-refractivity contribution in [1.29, 1.82) is 0 Å². The fraction of sp³-hybridized carbons (Fsp3) is 0.273. The molecule has 36 heavy (non-hydrogen) atoms. The molecule has 1 amide bonds. The first-order chi connectivity index (χ1) is 17.0. The number of carbonyl (C=O) groups excluding carboxylic acids is 1. The van der Waals surface area contributed by atoms with Crippen LogP contribution in [0.25, 0.3) is 5.69 Å². The molecule has 0 aliphatic heterocycles. The first-order valence-corrected chi connectivity index (χ1v) is 12.7. The highest BCUT2D eigenvalue weighted by molar-refractivity contribution is 7.92. The second kappa shape index (κ2) is 11.5. The highest BCUT2D eigenvalue weighted by Gasteiger charge is 2.33. The van der Waals surface area contributed by atoms with Crippen molar-refractivity contribution in [2.24, 2.45) is 5.16 Å². The Morgan fingerprint density at radius 3 is 2.53 bits per heavy atom. The van der Waals surface area contributed by atoms with Gasteiger partial charge in [0.25, 0.3) is 5.91 Å². The summed E-state index contributed by atoms with van der Waals surface area (Å²) < 4.78 is 64.1. The lowest BCUT2D eigenvalue weighted by Gasteiger charge is -2.20. The number of amides is 1. The van der Waals surface area contributed by atoms with Gasteiger partial charge >= 0.3 is 6.18 Å². The summed E-state index contributed by atoms with van der Waals surface area (Å²) in [6.07, 6.45) is -1.73. The van der Waals surface area contributed by atoms with Crippen molar-refractivity contribution in [3.63, 3.8) is 0 Å². The van der Waals surface area contributed by atoms with Crippen molar-refractivity contribution in [3.8, 4) is 11.4 Å². The van der Waals surface area contributed by atoms with Crippen molar-refractivity contribution >= 4 is 38.7 Å². The highest BCUT2D eigenvalue weighted by Crippen LogP contribution is 2.27. The van der Waals surface area contributed by atoms with Crippen molar-refractivity contribution in [2.45, 2.75) is 19.5 Å². The number of aromatic nitrogens is 3. The molecular weight excluding hydrogens is 523 g/mol. The molecule has 14 heteroatoms. The molecule has 0 aliphatic rings. The molecule has 1 aromatic carbocycles. The van der Waals surface area contributed by atoms with E-state index in [4.69, 9.17) is 16.4 Å². The normalized spacial score (nSPS) is 12.4. The average Bonchev–Trinajstić information content (AvgIpc) is 3.23. The van der Waals surface area contributed by atoms with Gasteiger partial charge in [-0.05, 0) is 31.2 Å². The molecule has 0 unspecified atom stereocenters. The third-order valence-corrected chi connectivity index (χ3v) is 6.53. The first kappa shape index (κ1) is 27.1. The Kier molecular flexibility index (Phi) is 8.69. The highest BCUT2D eigenvalue weighted by atomic mass is 35.5. The van der Waals surface area contributed by atoms with Crippen LogP contribution in [-0.2, 0) is 14.6 Å². The van der Waals surface area contributed by atoms with Crippen LogP contribution in [0.3, 0.4) is 0 Å². The smallest absolute Gasteiger partial charge is 0.357 e. The van der Waals surface area contributed by atoms with E-state index in [0.29, 0.717) is 5.69 Å². The van der Waals surface area contributed by atoms with Gasteiger partial charge in [0, 0.05) is 12.7 Å². The van der Waals surface area contributed by atoms with Crippen molar-refractivity contribution in [2.75, 3.05) is 23.0 Å². The lowest BCUT2D eigenvalue weighted by atomic mass is 10.3. The SMILES string of the molecule is CCN(C(=O)C(CS(=O)(=O)CCC(F)(F)F)=NOc1ccccc1)c1cn(-c2cccnc2)nc1Cl. The van der Waals surface area contributed by atoms with E-state index in [1.54, 1.807) is 43.5 Å². The summed E-state index contributed by atoms with van der Waals surface area (Å²) in [5, 5.41) is 7.78. The first-order valence-electron chi connectivity index (χ1n) is 10.5. The lowest BCUT2D eigenvalue weighted by molar-refractivity contribution is -0.129. The number of anilines is 1. The Bertz CT molecular complexity index is 1320. The number of sulfone groups is 1. The Hall–Kier alpha value is -3.45. The number of rotatable bonds is 10. The third kappa shape index (κ3) is 7.52. The maximum Gasteiger partial charge on any atom is 0.390 e. The number of carbonyl (C=O) groups is 1. The Morgan fingerprint density at radius 1 is 1.19 bits per heavy atom. The van der Waals surface area contributed by atoms with Gasteiger partial charge in [0.2, 0.25) is 0 Å². The number of hydrogen-bond donors (Lipinski definition) is 0. The van der Waals surface area contributed by atoms with E-state index < -0.39 is 45.6 Å². The number of alkyl halides is 3. The number of nitrogens with zero attached hydrogens (tertiary/aromatic N) is 5. The maximum atomic E-state index is 13.4. The lowest BCUT2D eigenvalue weighted by Crippen LogP contribution is -2.40. The zero-order valence-electron chi connectivity index (χ0n) is 18.9. The van der Waals surface area contributed by atoms with E-state index in [1.807, 2.05) is 0 Å². The van der Waals surface area contributed by atoms with E-state index in [9.17, 15) is 26.4 Å². The van der Waals surface area contributed by atoms with Crippen molar-refractivity contribution in [1.82, 2.24) is 14.8 Å². The minimum Gasteiger partial charge on any atom is -0.357 e. The van der Waals surface area contributed by atoms with E-state index >= 15 is 0 Å². The van der Waals surface area contributed by atoms with Gasteiger partial charge in [-0.15, -0.1) is 0 Å². The van der Waals surface area contributed by atoms with E-state index in [-0.39, 0.29) is 23.1 Å². The van der Waals surface area contributed by atoms with E-state index in [1.165, 1.54) is 29.2 Å². The van der Waals surface area contributed by atoms with Gasteiger partial charge in [-0.25, -0.2) is 13.1 Å². The van der Waals surface area contributed by atoms with Crippen LogP contribution >= 0.6 is 11.6 Å². The van der Waals surface area contributed by atoms with Gasteiger partial charge in [0.1, 0.15) is 11.4 Å². The molecule has 2 heterocycles. The van der Waals surface area contributed by atoms with Crippen LogP contribution in [0.4, 0.5) is 18.9 Å². The fourth-order valence-corrected chi connectivity index (χ4v) is 4.51. The largest absolute Gasteiger partial charge is 0.390 e. The van der Waals surface area contributed by atoms with Gasteiger partial charge in [0.15, 0.2) is 26.5 Å². The van der Waals surface area contributed by atoms with Gasteiger partial charge in [-0.3, -0.25) is 9.78 Å². The molecule has 0 N–H and O–H groups in total. The molecule has 9 nitrogen and oxygen atoms in total. The molecule has 0 bridgehead atoms. The van der Waals surface area contributed by atoms with Crippen molar-refractivity contribution < 1.29 is 31.2 Å². The van der Waals surface area contributed by atoms with Gasteiger partial charge in [-0.2, -0.15) is 18.3 Å². The van der Waals surface area contributed by atoms with Crippen LogP contribution < -0.4 is 9.74 Å². The molecule has 0 atom stereocenters. The van der Waals surface area contributed by atoms with E-state index in [0.717, 1.165) is 4.90 Å². The zero-order valence-corrected chi connectivity index (χ0v) is 20.5. The standard InChI is InChI=1S/C22H21ClF3N5O4S/c1-2-30(19-14-31(28-20(19)23)16-7-6-11-27-13-16)21(32)18(29-35-17-8-4-3-5-9-17)15-36(33,34)12-10-22(24,25)26/h3-9,11,13-14H,2,10,12,15H2,1H3. The van der Waals surface area contributed by atoms with Crippen LogP contribution in [0, 0.1) is 0 Å². The average molecular weight is 544 g/mol. The monoisotopic (exact) mass is 543 g/mol. The summed E-state index contributed by atoms with van der Waals surface area (Å²) in [7, 11) is -4.38. The van der Waals surface area contributed by atoms with Crippen LogP contribution in [0.2, 0.25) is 5.15 Å². The minimum atomic E-state index is -4.68. The number of oxime groups is 1. The van der Waals surface area contributed by atoms with Gasteiger partial charge in [-0.1, -0.05) is 35.0 Å². The van der Waals surface area contributed by atoms with E-state index in [2.05, 4.69) is 15.2 Å². The molecule has 3 aromatic rings. The minimum absolute atomic E-state index is 0.0181. The Balaban J connectivity index is 1.93.